The lowest BCUT2D eigenvalue weighted by molar-refractivity contribution is 0.565. The quantitative estimate of drug-likeness (QED) is 0.350. The van der Waals surface area contributed by atoms with Crippen LogP contribution in [0, 0.1) is 6.92 Å². The van der Waals surface area contributed by atoms with E-state index >= 15 is 0 Å². The van der Waals surface area contributed by atoms with E-state index in [1.165, 1.54) is 23.0 Å². The largest absolute Gasteiger partial charge is 0.248 e. The molecule has 0 aliphatic heterocycles. The van der Waals surface area contributed by atoms with Gasteiger partial charge >= 0.3 is 0 Å². The molecule has 0 N–H and O–H groups in total. The van der Waals surface area contributed by atoms with Gasteiger partial charge in [0.15, 0.2) is 0 Å². The SMILES string of the molecule is Cc1ccc(N=C=O)cc1SSN=C=O. The highest BCUT2D eigenvalue weighted by molar-refractivity contribution is 8.76. The topological polar surface area (TPSA) is 58.9 Å². The molecule has 0 amide bonds. The Morgan fingerprint density at radius 2 is 2.07 bits per heavy atom. The molecule has 1 rings (SSSR count). The minimum atomic E-state index is 0.536. The van der Waals surface area contributed by atoms with Gasteiger partial charge in [-0.15, -0.1) is 4.40 Å². The van der Waals surface area contributed by atoms with Crippen LogP contribution in [-0.2, 0) is 9.59 Å². The van der Waals surface area contributed by atoms with Gasteiger partial charge in [0.1, 0.15) is 0 Å². The summed E-state index contributed by atoms with van der Waals surface area (Å²) >= 11 is 0. The summed E-state index contributed by atoms with van der Waals surface area (Å²) in [6.07, 6.45) is 2.90. The average Bonchev–Trinajstić information content (AvgIpc) is 2.23. The van der Waals surface area contributed by atoms with Gasteiger partial charge < -0.3 is 0 Å². The van der Waals surface area contributed by atoms with Crippen molar-refractivity contribution in [3.05, 3.63) is 23.8 Å². The molecule has 0 bridgehead atoms. The molecule has 0 aromatic heterocycles. The molecule has 0 aliphatic rings. The highest BCUT2D eigenvalue weighted by Gasteiger charge is 2.01. The Hall–Kier alpha value is -1.32. The van der Waals surface area contributed by atoms with E-state index in [4.69, 9.17) is 0 Å². The Morgan fingerprint density at radius 1 is 1.27 bits per heavy atom. The Labute approximate surface area is 94.4 Å². The molecule has 0 atom stereocenters. The first-order valence-electron chi connectivity index (χ1n) is 3.87. The normalized spacial score (nSPS) is 8.87. The first kappa shape index (κ1) is 11.8. The van der Waals surface area contributed by atoms with E-state index in [2.05, 4.69) is 9.39 Å². The van der Waals surface area contributed by atoms with Crippen molar-refractivity contribution in [2.75, 3.05) is 0 Å². The lowest BCUT2D eigenvalue weighted by Gasteiger charge is -2.01. The fourth-order valence-electron chi connectivity index (χ4n) is 0.875. The Bertz CT molecular complexity index is 449. The van der Waals surface area contributed by atoms with E-state index in [9.17, 15) is 9.59 Å². The third kappa shape index (κ3) is 3.73. The number of hydrogen-bond donors (Lipinski definition) is 0. The van der Waals surface area contributed by atoms with E-state index in [0.717, 1.165) is 21.4 Å². The second kappa shape index (κ2) is 6.22. The van der Waals surface area contributed by atoms with Gasteiger partial charge in [0.25, 0.3) is 0 Å². The van der Waals surface area contributed by atoms with Crippen LogP contribution in [0.5, 0.6) is 0 Å². The average molecular weight is 238 g/mol. The highest BCUT2D eigenvalue weighted by atomic mass is 33.1. The standard InChI is InChI=1S/C9H6N2O2S2/c1-7-2-3-8(10-5-12)4-9(7)14-15-11-6-13/h2-4H,1H3. The van der Waals surface area contributed by atoms with Crippen molar-refractivity contribution in [1.29, 1.82) is 0 Å². The molecule has 0 saturated heterocycles. The number of hydrogen-bond acceptors (Lipinski definition) is 6. The summed E-state index contributed by atoms with van der Waals surface area (Å²) in [6.45, 7) is 1.92. The van der Waals surface area contributed by atoms with Crippen molar-refractivity contribution >= 4 is 39.6 Å². The van der Waals surface area contributed by atoms with Crippen LogP contribution >= 0.6 is 21.8 Å². The van der Waals surface area contributed by atoms with Crippen molar-refractivity contribution in [2.24, 2.45) is 9.39 Å². The third-order valence-corrected chi connectivity index (χ3v) is 3.38. The van der Waals surface area contributed by atoms with Gasteiger partial charge in [-0.3, -0.25) is 0 Å². The van der Waals surface area contributed by atoms with Crippen LogP contribution in [0.2, 0.25) is 0 Å². The minimum Gasteiger partial charge on any atom is -0.211 e. The second-order valence-electron chi connectivity index (χ2n) is 2.49. The number of rotatable bonds is 4. The monoisotopic (exact) mass is 238 g/mol. The van der Waals surface area contributed by atoms with Crippen molar-refractivity contribution < 1.29 is 9.59 Å². The lowest BCUT2D eigenvalue weighted by Crippen LogP contribution is -1.76. The molecule has 0 heterocycles. The summed E-state index contributed by atoms with van der Waals surface area (Å²) in [5.41, 5.74) is 1.56. The molecule has 0 unspecified atom stereocenters. The van der Waals surface area contributed by atoms with E-state index in [-0.39, 0.29) is 0 Å². The smallest absolute Gasteiger partial charge is 0.211 e. The van der Waals surface area contributed by atoms with E-state index in [0.29, 0.717) is 5.69 Å². The molecule has 0 fully saturated rings. The molecule has 0 radical (unpaired) electrons. The van der Waals surface area contributed by atoms with E-state index < -0.39 is 0 Å². The predicted octanol–water partition coefficient (Wildman–Crippen LogP) is 2.95. The molecule has 76 valence electrons. The van der Waals surface area contributed by atoms with Gasteiger partial charge in [0, 0.05) is 4.90 Å². The molecule has 1 aromatic carbocycles. The number of nitrogens with zero attached hydrogens (tertiary/aromatic N) is 2. The molecule has 0 saturated carbocycles. The zero-order valence-electron chi connectivity index (χ0n) is 7.76. The summed E-state index contributed by atoms with van der Waals surface area (Å²) in [7, 11) is 2.33. The van der Waals surface area contributed by atoms with E-state index in [1.54, 1.807) is 12.1 Å². The van der Waals surface area contributed by atoms with Crippen LogP contribution in [0.15, 0.2) is 32.5 Å². The Balaban J connectivity index is 2.89. The summed E-state index contributed by atoms with van der Waals surface area (Å²) in [5.74, 6) is 0. The van der Waals surface area contributed by atoms with Crippen LogP contribution in [0.3, 0.4) is 0 Å². The maximum absolute atomic E-state index is 10.1. The van der Waals surface area contributed by atoms with E-state index in [1.807, 2.05) is 13.0 Å². The molecule has 15 heavy (non-hydrogen) atoms. The number of benzene rings is 1. The number of aliphatic imine (C=N–C) groups is 1. The first-order valence-corrected chi connectivity index (χ1v) is 5.98. The van der Waals surface area contributed by atoms with Gasteiger partial charge in [-0.1, -0.05) is 6.07 Å². The van der Waals surface area contributed by atoms with Crippen LogP contribution < -0.4 is 0 Å². The van der Waals surface area contributed by atoms with Crippen molar-refractivity contribution in [3.63, 3.8) is 0 Å². The van der Waals surface area contributed by atoms with Gasteiger partial charge in [-0.05, 0) is 35.4 Å². The minimum absolute atomic E-state index is 0.536. The summed E-state index contributed by atoms with van der Waals surface area (Å²) in [6, 6.07) is 5.29. The molecule has 4 nitrogen and oxygen atoms in total. The zero-order chi connectivity index (χ0) is 11.1. The van der Waals surface area contributed by atoms with Gasteiger partial charge in [0.2, 0.25) is 12.2 Å². The molecule has 0 aliphatic carbocycles. The number of isocyanates is 2. The molecular formula is C9H6N2O2S2. The van der Waals surface area contributed by atoms with Gasteiger partial charge in [-0.2, -0.15) is 4.99 Å². The summed E-state index contributed by atoms with van der Waals surface area (Å²) < 4.78 is 3.35. The van der Waals surface area contributed by atoms with Gasteiger partial charge in [-0.25, -0.2) is 9.59 Å². The number of carbonyl (C=O) groups excluding carboxylic acids is 2. The summed E-state index contributed by atoms with van der Waals surface area (Å²) in [5, 5.41) is 0. The molecule has 1 aromatic rings. The zero-order valence-corrected chi connectivity index (χ0v) is 9.39. The van der Waals surface area contributed by atoms with Crippen LogP contribution in [0.25, 0.3) is 0 Å². The summed E-state index contributed by atoms with van der Waals surface area (Å²) in [4.78, 5) is 24.3. The predicted molar refractivity (Wildman–Crippen MR) is 60.5 cm³/mol. The Morgan fingerprint density at radius 3 is 2.73 bits per heavy atom. The van der Waals surface area contributed by atoms with Crippen molar-refractivity contribution in [2.45, 2.75) is 11.8 Å². The van der Waals surface area contributed by atoms with Crippen molar-refractivity contribution in [1.82, 2.24) is 0 Å². The molecule has 6 heteroatoms. The fourth-order valence-corrected chi connectivity index (χ4v) is 2.37. The third-order valence-electron chi connectivity index (χ3n) is 1.55. The molecular weight excluding hydrogens is 232 g/mol. The second-order valence-corrected chi connectivity index (χ2v) is 4.38. The maximum Gasteiger partial charge on any atom is 0.248 e. The van der Waals surface area contributed by atoms with Crippen LogP contribution in [0.1, 0.15) is 5.56 Å². The van der Waals surface area contributed by atoms with Crippen LogP contribution in [0.4, 0.5) is 5.69 Å². The fraction of sp³-hybridized carbons (Fsp3) is 0.111. The first-order chi connectivity index (χ1) is 7.27. The lowest BCUT2D eigenvalue weighted by atomic mass is 10.2. The number of aryl methyl sites for hydroxylation is 1. The maximum atomic E-state index is 10.1. The Kier molecular flexibility index (Phi) is 4.87. The van der Waals surface area contributed by atoms with Crippen LogP contribution in [-0.4, -0.2) is 12.2 Å². The molecule has 0 spiro atoms. The van der Waals surface area contributed by atoms with Crippen molar-refractivity contribution in [3.8, 4) is 0 Å². The highest BCUT2D eigenvalue weighted by Crippen LogP contribution is 2.35. The van der Waals surface area contributed by atoms with Gasteiger partial charge in [0.05, 0.1) is 16.7 Å².